The van der Waals surface area contributed by atoms with Crippen molar-refractivity contribution in [2.45, 2.75) is 52.5 Å². The summed E-state index contributed by atoms with van der Waals surface area (Å²) >= 11 is 0. The van der Waals surface area contributed by atoms with E-state index in [2.05, 4.69) is 38.6 Å². The fourth-order valence-electron chi connectivity index (χ4n) is 3.52. The first-order valence-electron chi connectivity index (χ1n) is 8.58. The van der Waals surface area contributed by atoms with Gasteiger partial charge in [-0.15, -0.1) is 0 Å². The van der Waals surface area contributed by atoms with Crippen LogP contribution in [-0.4, -0.2) is 47.1 Å². The SMILES string of the molecule is CCCC1(C)CCCN(C(=NC)NCCCn2ccnc2)C1. The molecule has 1 aromatic rings. The van der Waals surface area contributed by atoms with Crippen LogP contribution in [0.3, 0.4) is 0 Å². The van der Waals surface area contributed by atoms with Crippen LogP contribution in [0.1, 0.15) is 46.0 Å². The van der Waals surface area contributed by atoms with Crippen LogP contribution < -0.4 is 5.32 Å². The Bertz CT molecular complexity index is 450. The van der Waals surface area contributed by atoms with E-state index in [0.29, 0.717) is 5.41 Å². The van der Waals surface area contributed by atoms with Gasteiger partial charge in [-0.1, -0.05) is 20.3 Å². The van der Waals surface area contributed by atoms with E-state index >= 15 is 0 Å². The number of aryl methyl sites for hydroxylation is 1. The molecule has 22 heavy (non-hydrogen) atoms. The summed E-state index contributed by atoms with van der Waals surface area (Å²) in [5.74, 6) is 1.06. The highest BCUT2D eigenvalue weighted by Crippen LogP contribution is 2.33. The number of rotatable bonds is 6. The molecule has 1 N–H and O–H groups in total. The van der Waals surface area contributed by atoms with E-state index in [9.17, 15) is 0 Å². The quantitative estimate of drug-likeness (QED) is 0.499. The molecule has 0 saturated carbocycles. The van der Waals surface area contributed by atoms with Gasteiger partial charge in [0.25, 0.3) is 0 Å². The van der Waals surface area contributed by atoms with Crippen molar-refractivity contribution in [3.63, 3.8) is 0 Å². The Morgan fingerprint density at radius 2 is 2.32 bits per heavy atom. The van der Waals surface area contributed by atoms with Gasteiger partial charge in [-0.3, -0.25) is 4.99 Å². The summed E-state index contributed by atoms with van der Waals surface area (Å²) in [6, 6.07) is 0. The molecule has 5 heteroatoms. The van der Waals surface area contributed by atoms with Crippen LogP contribution in [0.15, 0.2) is 23.7 Å². The van der Waals surface area contributed by atoms with E-state index in [4.69, 9.17) is 0 Å². The molecule has 1 atom stereocenters. The van der Waals surface area contributed by atoms with Crippen molar-refractivity contribution in [2.75, 3.05) is 26.7 Å². The van der Waals surface area contributed by atoms with Gasteiger partial charge in [-0.2, -0.15) is 0 Å². The van der Waals surface area contributed by atoms with Crippen molar-refractivity contribution < 1.29 is 0 Å². The molecule has 0 bridgehead atoms. The summed E-state index contributed by atoms with van der Waals surface area (Å²) in [7, 11) is 1.89. The van der Waals surface area contributed by atoms with Crippen LogP contribution in [0.5, 0.6) is 0 Å². The molecule has 2 heterocycles. The highest BCUT2D eigenvalue weighted by atomic mass is 15.3. The lowest BCUT2D eigenvalue weighted by atomic mass is 9.78. The van der Waals surface area contributed by atoms with Gasteiger partial charge in [-0.25, -0.2) is 4.98 Å². The Hall–Kier alpha value is -1.52. The molecule has 1 saturated heterocycles. The average molecular weight is 305 g/mol. The number of hydrogen-bond acceptors (Lipinski definition) is 2. The summed E-state index contributed by atoms with van der Waals surface area (Å²) < 4.78 is 2.11. The zero-order valence-corrected chi connectivity index (χ0v) is 14.4. The normalized spacial score (nSPS) is 22.9. The van der Waals surface area contributed by atoms with Gasteiger partial charge < -0.3 is 14.8 Å². The number of imidazole rings is 1. The van der Waals surface area contributed by atoms with E-state index in [0.717, 1.165) is 38.6 Å². The van der Waals surface area contributed by atoms with Gasteiger partial charge in [0, 0.05) is 45.6 Å². The van der Waals surface area contributed by atoms with Crippen LogP contribution in [0, 0.1) is 5.41 Å². The molecule has 0 spiro atoms. The van der Waals surface area contributed by atoms with Crippen molar-refractivity contribution in [1.82, 2.24) is 19.8 Å². The lowest BCUT2D eigenvalue weighted by molar-refractivity contribution is 0.142. The number of aromatic nitrogens is 2. The molecule has 0 aromatic carbocycles. The molecule has 0 amide bonds. The first kappa shape index (κ1) is 16.8. The second-order valence-corrected chi connectivity index (χ2v) is 6.71. The molecular formula is C17H31N5. The van der Waals surface area contributed by atoms with Gasteiger partial charge in [0.05, 0.1) is 6.33 Å². The summed E-state index contributed by atoms with van der Waals surface area (Å²) in [6.45, 7) is 8.91. The fraction of sp³-hybridized carbons (Fsp3) is 0.765. The molecular weight excluding hydrogens is 274 g/mol. The maximum absolute atomic E-state index is 4.48. The largest absolute Gasteiger partial charge is 0.356 e. The molecule has 0 aliphatic carbocycles. The first-order chi connectivity index (χ1) is 10.7. The molecule has 1 aliphatic heterocycles. The Morgan fingerprint density at radius 3 is 3.00 bits per heavy atom. The Morgan fingerprint density at radius 1 is 1.45 bits per heavy atom. The summed E-state index contributed by atoms with van der Waals surface area (Å²) in [6.07, 6.45) is 12.0. The highest BCUT2D eigenvalue weighted by molar-refractivity contribution is 5.80. The lowest BCUT2D eigenvalue weighted by Gasteiger charge is -2.42. The van der Waals surface area contributed by atoms with Gasteiger partial charge in [0.1, 0.15) is 0 Å². The number of piperidine rings is 1. The van der Waals surface area contributed by atoms with Crippen LogP contribution in [-0.2, 0) is 6.54 Å². The third-order valence-electron chi connectivity index (χ3n) is 4.58. The number of nitrogens with one attached hydrogen (secondary N) is 1. The van der Waals surface area contributed by atoms with Crippen LogP contribution in [0.2, 0.25) is 0 Å². The van der Waals surface area contributed by atoms with E-state index < -0.39 is 0 Å². The van der Waals surface area contributed by atoms with Gasteiger partial charge in [-0.05, 0) is 31.1 Å². The molecule has 124 valence electrons. The lowest BCUT2D eigenvalue weighted by Crippen LogP contribution is -2.50. The molecule has 2 rings (SSSR count). The summed E-state index contributed by atoms with van der Waals surface area (Å²) in [5.41, 5.74) is 0.446. The molecule has 0 radical (unpaired) electrons. The molecule has 1 unspecified atom stereocenters. The smallest absolute Gasteiger partial charge is 0.193 e. The zero-order chi connectivity index (χ0) is 15.8. The average Bonchev–Trinajstić information content (AvgIpc) is 3.00. The van der Waals surface area contributed by atoms with E-state index in [-0.39, 0.29) is 0 Å². The predicted molar refractivity (Wildman–Crippen MR) is 92.0 cm³/mol. The van der Waals surface area contributed by atoms with E-state index in [1.54, 1.807) is 0 Å². The van der Waals surface area contributed by atoms with Crippen molar-refractivity contribution >= 4 is 5.96 Å². The zero-order valence-electron chi connectivity index (χ0n) is 14.4. The number of hydrogen-bond donors (Lipinski definition) is 1. The van der Waals surface area contributed by atoms with Crippen molar-refractivity contribution in [2.24, 2.45) is 10.4 Å². The monoisotopic (exact) mass is 305 g/mol. The summed E-state index contributed by atoms with van der Waals surface area (Å²) in [5, 5.41) is 3.52. The Kier molecular flexibility index (Phi) is 6.28. The number of nitrogens with zero attached hydrogens (tertiary/aromatic N) is 4. The minimum Gasteiger partial charge on any atom is -0.356 e. The molecule has 1 fully saturated rings. The van der Waals surface area contributed by atoms with E-state index in [1.165, 1.54) is 25.7 Å². The van der Waals surface area contributed by atoms with Crippen LogP contribution >= 0.6 is 0 Å². The van der Waals surface area contributed by atoms with Crippen molar-refractivity contribution in [3.05, 3.63) is 18.7 Å². The maximum atomic E-state index is 4.48. The van der Waals surface area contributed by atoms with Gasteiger partial charge in [0.2, 0.25) is 0 Å². The first-order valence-corrected chi connectivity index (χ1v) is 8.58. The molecule has 5 nitrogen and oxygen atoms in total. The van der Waals surface area contributed by atoms with Crippen LogP contribution in [0.4, 0.5) is 0 Å². The Labute approximate surface area is 134 Å². The molecule has 1 aromatic heterocycles. The van der Waals surface area contributed by atoms with E-state index in [1.807, 2.05) is 25.8 Å². The van der Waals surface area contributed by atoms with Crippen LogP contribution in [0.25, 0.3) is 0 Å². The standard InChI is InChI=1S/C17H31N5/c1-4-7-17(2)8-5-12-22(14-17)16(18-3)20-9-6-11-21-13-10-19-15-21/h10,13,15H,4-9,11-12,14H2,1-3H3,(H,18,20). The van der Waals surface area contributed by atoms with Crippen molar-refractivity contribution in [3.8, 4) is 0 Å². The topological polar surface area (TPSA) is 45.5 Å². The van der Waals surface area contributed by atoms with Gasteiger partial charge >= 0.3 is 0 Å². The number of likely N-dealkylation sites (tertiary alicyclic amines) is 1. The number of guanidine groups is 1. The summed E-state index contributed by atoms with van der Waals surface area (Å²) in [4.78, 5) is 11.0. The molecule has 1 aliphatic rings. The number of aliphatic imine (C=N–C) groups is 1. The minimum absolute atomic E-state index is 0.446. The highest BCUT2D eigenvalue weighted by Gasteiger charge is 2.31. The Balaban J connectivity index is 1.78. The predicted octanol–water partition coefficient (Wildman–Crippen LogP) is 2.75. The third-order valence-corrected chi connectivity index (χ3v) is 4.58. The second-order valence-electron chi connectivity index (χ2n) is 6.71. The van der Waals surface area contributed by atoms with Crippen molar-refractivity contribution in [1.29, 1.82) is 0 Å². The maximum Gasteiger partial charge on any atom is 0.193 e. The fourth-order valence-corrected chi connectivity index (χ4v) is 3.52. The minimum atomic E-state index is 0.446. The second kappa shape index (κ2) is 8.20. The van der Waals surface area contributed by atoms with Gasteiger partial charge in [0.15, 0.2) is 5.96 Å². The third kappa shape index (κ3) is 4.75.